The molecule has 2 aromatic rings. The second-order valence-corrected chi connectivity index (χ2v) is 9.48. The van der Waals surface area contributed by atoms with E-state index >= 15 is 0 Å². The van der Waals surface area contributed by atoms with Crippen LogP contribution in [0.5, 0.6) is 0 Å². The molecule has 0 unspecified atom stereocenters. The molecule has 0 atom stereocenters. The highest BCUT2D eigenvalue weighted by atomic mass is 79.9. The summed E-state index contributed by atoms with van der Waals surface area (Å²) in [6.07, 6.45) is 0.754. The van der Waals surface area contributed by atoms with Crippen LogP contribution in [0.2, 0.25) is 0 Å². The fraction of sp³-hybridized carbons (Fsp3) is 0.231. The van der Waals surface area contributed by atoms with Crippen LogP contribution in [0.15, 0.2) is 36.7 Å². The predicted molar refractivity (Wildman–Crippen MR) is 91.1 cm³/mol. The molecule has 20 heavy (non-hydrogen) atoms. The van der Waals surface area contributed by atoms with Gasteiger partial charge in [0.25, 0.3) is 10.0 Å². The largest absolute Gasteiger partial charge is 0.279 e. The van der Waals surface area contributed by atoms with E-state index in [1.54, 1.807) is 12.1 Å². The van der Waals surface area contributed by atoms with Crippen molar-refractivity contribution in [1.29, 1.82) is 0 Å². The summed E-state index contributed by atoms with van der Waals surface area (Å²) >= 11 is 7.96. The zero-order valence-corrected chi connectivity index (χ0v) is 15.7. The number of rotatable bonds is 4. The number of hydrogen-bond donors (Lipinski definition) is 1. The summed E-state index contributed by atoms with van der Waals surface area (Å²) < 4.78 is 29.5. The highest BCUT2D eigenvalue weighted by molar-refractivity contribution is 9.11. The van der Waals surface area contributed by atoms with Crippen LogP contribution in [-0.2, 0) is 16.4 Å². The second kappa shape index (κ2) is 6.17. The molecule has 1 aromatic heterocycles. The van der Waals surface area contributed by atoms with Gasteiger partial charge in [0.1, 0.15) is 4.21 Å². The van der Waals surface area contributed by atoms with E-state index in [1.165, 1.54) is 11.3 Å². The van der Waals surface area contributed by atoms with Crippen molar-refractivity contribution >= 4 is 58.9 Å². The number of halogens is 2. The van der Waals surface area contributed by atoms with Gasteiger partial charge in [-0.1, -0.05) is 22.9 Å². The van der Waals surface area contributed by atoms with Gasteiger partial charge in [-0.05, 0) is 64.7 Å². The van der Waals surface area contributed by atoms with Gasteiger partial charge in [0.15, 0.2) is 0 Å². The summed E-state index contributed by atoms with van der Waals surface area (Å²) in [5.74, 6) is 0. The number of aryl methyl sites for hydroxylation is 2. The van der Waals surface area contributed by atoms with E-state index in [2.05, 4.69) is 36.6 Å². The van der Waals surface area contributed by atoms with Gasteiger partial charge in [0, 0.05) is 4.47 Å². The highest BCUT2D eigenvalue weighted by Gasteiger charge is 2.19. The minimum Gasteiger partial charge on any atom is -0.279 e. The normalized spacial score (nSPS) is 11.6. The number of hydrogen-bond acceptors (Lipinski definition) is 3. The van der Waals surface area contributed by atoms with E-state index in [9.17, 15) is 8.42 Å². The summed E-state index contributed by atoms with van der Waals surface area (Å²) in [5, 5.41) is 0. The molecule has 0 aliphatic rings. The van der Waals surface area contributed by atoms with E-state index in [0.29, 0.717) is 9.90 Å². The van der Waals surface area contributed by atoms with Crippen LogP contribution in [0.1, 0.15) is 18.1 Å². The van der Waals surface area contributed by atoms with E-state index in [4.69, 9.17) is 0 Å². The third-order valence-corrected chi connectivity index (χ3v) is 7.26. The molecule has 0 aliphatic heterocycles. The minimum atomic E-state index is -3.54. The first-order valence-corrected chi connectivity index (χ1v) is 9.79. The lowest BCUT2D eigenvalue weighted by molar-refractivity contribution is 0.603. The maximum atomic E-state index is 12.4. The summed E-state index contributed by atoms with van der Waals surface area (Å²) in [7, 11) is -3.54. The molecule has 0 aliphatic carbocycles. The summed E-state index contributed by atoms with van der Waals surface area (Å²) in [5.41, 5.74) is 2.50. The first-order valence-electron chi connectivity index (χ1n) is 5.90. The van der Waals surface area contributed by atoms with E-state index in [1.807, 2.05) is 26.0 Å². The van der Waals surface area contributed by atoms with Crippen molar-refractivity contribution in [2.45, 2.75) is 24.5 Å². The summed E-state index contributed by atoms with van der Waals surface area (Å²) in [6.45, 7) is 3.86. The maximum absolute atomic E-state index is 12.4. The van der Waals surface area contributed by atoms with Crippen molar-refractivity contribution in [3.8, 4) is 0 Å². The predicted octanol–water partition coefficient (Wildman–Crippen LogP) is 4.94. The summed E-state index contributed by atoms with van der Waals surface area (Å²) in [6, 6.07) is 7.19. The first-order chi connectivity index (χ1) is 9.33. The van der Waals surface area contributed by atoms with Crippen LogP contribution in [0, 0.1) is 6.92 Å². The average Bonchev–Trinajstić information content (AvgIpc) is 2.72. The molecule has 0 saturated carbocycles. The van der Waals surface area contributed by atoms with Crippen LogP contribution in [0.25, 0.3) is 0 Å². The highest BCUT2D eigenvalue weighted by Crippen LogP contribution is 2.32. The molecule has 0 saturated heterocycles. The van der Waals surface area contributed by atoms with Crippen molar-refractivity contribution in [2.24, 2.45) is 0 Å². The Bertz CT molecular complexity index is 719. The monoisotopic (exact) mass is 437 g/mol. The quantitative estimate of drug-likeness (QED) is 0.734. The van der Waals surface area contributed by atoms with Crippen LogP contribution < -0.4 is 4.72 Å². The molecule has 108 valence electrons. The Morgan fingerprint density at radius 2 is 1.95 bits per heavy atom. The third-order valence-electron chi connectivity index (χ3n) is 2.79. The molecule has 0 radical (unpaired) electrons. The fourth-order valence-electron chi connectivity index (χ4n) is 1.71. The first kappa shape index (κ1) is 16.0. The number of anilines is 1. The molecular formula is C13H13Br2NO2S2. The third kappa shape index (κ3) is 3.44. The van der Waals surface area contributed by atoms with Gasteiger partial charge in [-0.15, -0.1) is 11.3 Å². The van der Waals surface area contributed by atoms with Crippen molar-refractivity contribution in [2.75, 3.05) is 4.72 Å². The van der Waals surface area contributed by atoms with E-state index in [-0.39, 0.29) is 0 Å². The maximum Gasteiger partial charge on any atom is 0.271 e. The van der Waals surface area contributed by atoms with Gasteiger partial charge >= 0.3 is 0 Å². The molecule has 0 fully saturated rings. The molecule has 7 heteroatoms. The number of benzene rings is 1. The number of thiophene rings is 1. The standard InChI is InChI=1S/C13H13Br2NO2S2/c1-3-9-7-10(14)4-5-11(9)16-20(17,18)12-6-8(2)13(15)19-12/h4-7,16H,3H2,1-2H3. The Balaban J connectivity index is 2.38. The van der Waals surface area contributed by atoms with Crippen LogP contribution in [-0.4, -0.2) is 8.42 Å². The van der Waals surface area contributed by atoms with Crippen molar-refractivity contribution < 1.29 is 8.42 Å². The zero-order valence-electron chi connectivity index (χ0n) is 10.9. The molecule has 1 heterocycles. The van der Waals surface area contributed by atoms with E-state index in [0.717, 1.165) is 25.8 Å². The van der Waals surface area contributed by atoms with Gasteiger partial charge in [-0.2, -0.15) is 0 Å². The smallest absolute Gasteiger partial charge is 0.271 e. The minimum absolute atomic E-state index is 0.312. The van der Waals surface area contributed by atoms with Crippen molar-refractivity contribution in [1.82, 2.24) is 0 Å². The lowest BCUT2D eigenvalue weighted by Crippen LogP contribution is -2.12. The summed E-state index contributed by atoms with van der Waals surface area (Å²) in [4.78, 5) is 0. The Morgan fingerprint density at radius 1 is 1.25 bits per heavy atom. The number of nitrogens with one attached hydrogen (secondary N) is 1. The topological polar surface area (TPSA) is 46.2 Å². The van der Waals surface area contributed by atoms with Crippen LogP contribution in [0.3, 0.4) is 0 Å². The molecule has 0 bridgehead atoms. The van der Waals surface area contributed by atoms with Crippen LogP contribution >= 0.6 is 43.2 Å². The van der Waals surface area contributed by atoms with Gasteiger partial charge in [0.2, 0.25) is 0 Å². The molecular weight excluding hydrogens is 426 g/mol. The van der Waals surface area contributed by atoms with Gasteiger partial charge in [-0.25, -0.2) is 8.42 Å². The van der Waals surface area contributed by atoms with Crippen LogP contribution in [0.4, 0.5) is 5.69 Å². The SMILES string of the molecule is CCc1cc(Br)ccc1NS(=O)(=O)c1cc(C)c(Br)s1. The van der Waals surface area contributed by atoms with Gasteiger partial charge in [0.05, 0.1) is 9.47 Å². The second-order valence-electron chi connectivity index (χ2n) is 4.28. The molecule has 0 spiro atoms. The fourth-order valence-corrected chi connectivity index (χ4v) is 5.45. The number of sulfonamides is 1. The van der Waals surface area contributed by atoms with Gasteiger partial charge in [-0.3, -0.25) is 4.72 Å². The van der Waals surface area contributed by atoms with Gasteiger partial charge < -0.3 is 0 Å². The molecule has 3 nitrogen and oxygen atoms in total. The van der Waals surface area contributed by atoms with E-state index < -0.39 is 10.0 Å². The van der Waals surface area contributed by atoms with Crippen molar-refractivity contribution in [3.63, 3.8) is 0 Å². The zero-order chi connectivity index (χ0) is 14.9. The average molecular weight is 439 g/mol. The molecule has 1 aromatic carbocycles. The lowest BCUT2D eigenvalue weighted by Gasteiger charge is -2.11. The Labute approximate surface area is 139 Å². The Kier molecular flexibility index (Phi) is 4.94. The lowest BCUT2D eigenvalue weighted by atomic mass is 10.1. The Hall–Kier alpha value is -0.370. The molecule has 0 amide bonds. The molecule has 1 N–H and O–H groups in total. The Morgan fingerprint density at radius 3 is 2.50 bits per heavy atom. The molecule has 2 rings (SSSR count). The van der Waals surface area contributed by atoms with Crippen molar-refractivity contribution in [3.05, 3.63) is 43.7 Å².